The normalized spacial score (nSPS) is 12.5. The lowest BCUT2D eigenvalue weighted by molar-refractivity contribution is -0.140. The molecular formula is C30H35Cl2N3O4S. The van der Waals surface area contributed by atoms with Gasteiger partial charge >= 0.3 is 0 Å². The Morgan fingerprint density at radius 3 is 2.20 bits per heavy atom. The van der Waals surface area contributed by atoms with Crippen LogP contribution >= 0.6 is 23.2 Å². The van der Waals surface area contributed by atoms with E-state index in [1.54, 1.807) is 55.5 Å². The van der Waals surface area contributed by atoms with Gasteiger partial charge in [0.15, 0.2) is 0 Å². The third-order valence-corrected chi connectivity index (χ3v) is 8.84. The van der Waals surface area contributed by atoms with Crippen LogP contribution in [-0.4, -0.2) is 43.3 Å². The number of sulfonamides is 1. The number of nitrogens with one attached hydrogen (secondary N) is 1. The van der Waals surface area contributed by atoms with Gasteiger partial charge in [0, 0.05) is 22.1 Å². The van der Waals surface area contributed by atoms with Crippen molar-refractivity contribution >= 4 is 50.7 Å². The fourth-order valence-electron chi connectivity index (χ4n) is 4.13. The van der Waals surface area contributed by atoms with Crippen LogP contribution < -0.4 is 9.62 Å². The van der Waals surface area contributed by atoms with Gasteiger partial charge in [-0.05, 0) is 88.6 Å². The van der Waals surface area contributed by atoms with Gasteiger partial charge in [0.2, 0.25) is 11.8 Å². The molecule has 0 saturated carbocycles. The highest BCUT2D eigenvalue weighted by molar-refractivity contribution is 7.92. The lowest BCUT2D eigenvalue weighted by atomic mass is 10.1. The first-order valence-corrected chi connectivity index (χ1v) is 15.0. The van der Waals surface area contributed by atoms with Gasteiger partial charge in [-0.1, -0.05) is 59.6 Å². The summed E-state index contributed by atoms with van der Waals surface area (Å²) in [6.07, 6.45) is 0. The molecule has 10 heteroatoms. The van der Waals surface area contributed by atoms with E-state index in [4.69, 9.17) is 23.2 Å². The van der Waals surface area contributed by atoms with Gasteiger partial charge in [-0.2, -0.15) is 0 Å². The standard InChI is InChI=1S/C30H35Cl2N3O4S/c1-20-11-10-14-27(21(20)2)35(40(38,39)25-12-8-7-9-13-25)19-28(36)34(22(3)29(37)33-30(4,5)6)18-23-15-16-24(31)17-26(23)32/h7-17,22H,18-19H2,1-6H3,(H,33,37)/t22-/m1/s1. The number of aryl methyl sites for hydroxylation is 1. The maximum Gasteiger partial charge on any atom is 0.264 e. The fourth-order valence-corrected chi connectivity index (χ4v) is 6.09. The second kappa shape index (κ2) is 12.6. The van der Waals surface area contributed by atoms with Crippen molar-refractivity contribution < 1.29 is 18.0 Å². The van der Waals surface area contributed by atoms with Crippen molar-refractivity contribution in [1.29, 1.82) is 0 Å². The zero-order valence-corrected chi connectivity index (χ0v) is 25.9. The Hall–Kier alpha value is -3.07. The van der Waals surface area contributed by atoms with Crippen LogP contribution in [0.25, 0.3) is 0 Å². The van der Waals surface area contributed by atoms with E-state index >= 15 is 0 Å². The number of halogens is 2. The predicted molar refractivity (Wildman–Crippen MR) is 161 cm³/mol. The summed E-state index contributed by atoms with van der Waals surface area (Å²) < 4.78 is 29.0. The van der Waals surface area contributed by atoms with Gasteiger partial charge in [0.25, 0.3) is 10.0 Å². The van der Waals surface area contributed by atoms with Crippen molar-refractivity contribution in [2.45, 2.75) is 64.6 Å². The zero-order valence-electron chi connectivity index (χ0n) is 23.5. The summed E-state index contributed by atoms with van der Waals surface area (Å²) in [4.78, 5) is 28.7. The summed E-state index contributed by atoms with van der Waals surface area (Å²) in [5.41, 5.74) is 2.01. The quantitative estimate of drug-likeness (QED) is 0.318. The number of carbonyl (C=O) groups is 2. The monoisotopic (exact) mass is 603 g/mol. The molecule has 0 heterocycles. The molecule has 3 aromatic rings. The molecule has 0 aliphatic rings. The van der Waals surface area contributed by atoms with E-state index in [9.17, 15) is 18.0 Å². The summed E-state index contributed by atoms with van der Waals surface area (Å²) in [7, 11) is -4.14. The van der Waals surface area contributed by atoms with E-state index in [2.05, 4.69) is 5.32 Å². The summed E-state index contributed by atoms with van der Waals surface area (Å²) in [5.74, 6) is -0.946. The summed E-state index contributed by atoms with van der Waals surface area (Å²) in [5, 5.41) is 3.66. The Kier molecular flexibility index (Phi) is 9.93. The molecule has 3 rings (SSSR count). The van der Waals surface area contributed by atoms with Crippen LogP contribution in [0.5, 0.6) is 0 Å². The highest BCUT2D eigenvalue weighted by Gasteiger charge is 2.34. The van der Waals surface area contributed by atoms with Crippen molar-refractivity contribution in [3.05, 3.63) is 93.5 Å². The Balaban J connectivity index is 2.09. The molecule has 0 spiro atoms. The second-order valence-corrected chi connectivity index (χ2v) is 13.4. The number of hydrogen-bond donors (Lipinski definition) is 1. The molecular weight excluding hydrogens is 569 g/mol. The lowest BCUT2D eigenvalue weighted by Crippen LogP contribution is -2.54. The molecule has 0 bridgehead atoms. The van der Waals surface area contributed by atoms with Crippen molar-refractivity contribution in [2.24, 2.45) is 0 Å². The third kappa shape index (κ3) is 7.56. The number of rotatable bonds is 9. The molecule has 1 atom stereocenters. The summed E-state index contributed by atoms with van der Waals surface area (Å²) in [6, 6.07) is 17.2. The molecule has 0 fully saturated rings. The molecule has 214 valence electrons. The number of benzene rings is 3. The molecule has 0 aliphatic heterocycles. The Morgan fingerprint density at radius 2 is 1.60 bits per heavy atom. The molecule has 3 aromatic carbocycles. The van der Waals surface area contributed by atoms with E-state index in [0.717, 1.165) is 15.4 Å². The smallest absolute Gasteiger partial charge is 0.264 e. The van der Waals surface area contributed by atoms with Gasteiger partial charge < -0.3 is 10.2 Å². The van der Waals surface area contributed by atoms with E-state index in [-0.39, 0.29) is 17.3 Å². The number of carbonyl (C=O) groups excluding carboxylic acids is 2. The predicted octanol–water partition coefficient (Wildman–Crippen LogP) is 6.14. The topological polar surface area (TPSA) is 86.8 Å². The minimum atomic E-state index is -4.14. The van der Waals surface area contributed by atoms with Gasteiger partial charge in [-0.15, -0.1) is 0 Å². The van der Waals surface area contributed by atoms with E-state index in [1.807, 2.05) is 40.7 Å². The number of nitrogens with zero attached hydrogens (tertiary/aromatic N) is 2. The number of hydrogen-bond acceptors (Lipinski definition) is 4. The Labute approximate surface area is 247 Å². The Bertz CT molecular complexity index is 1490. The zero-order chi connectivity index (χ0) is 29.8. The van der Waals surface area contributed by atoms with Gasteiger partial charge in [-0.25, -0.2) is 8.42 Å². The third-order valence-electron chi connectivity index (χ3n) is 6.48. The van der Waals surface area contributed by atoms with Crippen LogP contribution in [0.4, 0.5) is 5.69 Å². The maximum atomic E-state index is 14.1. The molecule has 40 heavy (non-hydrogen) atoms. The highest BCUT2D eigenvalue weighted by Crippen LogP contribution is 2.29. The first kappa shape index (κ1) is 31.5. The van der Waals surface area contributed by atoms with Crippen LogP contribution in [0.1, 0.15) is 44.4 Å². The van der Waals surface area contributed by atoms with Crippen molar-refractivity contribution in [1.82, 2.24) is 10.2 Å². The first-order chi connectivity index (χ1) is 18.6. The Morgan fingerprint density at radius 1 is 0.950 bits per heavy atom. The molecule has 1 N–H and O–H groups in total. The number of amides is 2. The van der Waals surface area contributed by atoms with Crippen molar-refractivity contribution in [2.75, 3.05) is 10.8 Å². The van der Waals surface area contributed by atoms with E-state index in [1.165, 1.54) is 17.0 Å². The molecule has 0 radical (unpaired) electrons. The summed E-state index contributed by atoms with van der Waals surface area (Å²) in [6.45, 7) is 10.3. The van der Waals surface area contributed by atoms with Crippen LogP contribution in [0.3, 0.4) is 0 Å². The maximum absolute atomic E-state index is 14.1. The van der Waals surface area contributed by atoms with E-state index in [0.29, 0.717) is 21.3 Å². The lowest BCUT2D eigenvalue weighted by Gasteiger charge is -2.34. The van der Waals surface area contributed by atoms with Crippen LogP contribution in [0.15, 0.2) is 71.6 Å². The van der Waals surface area contributed by atoms with Crippen LogP contribution in [-0.2, 0) is 26.2 Å². The fraction of sp³-hybridized carbons (Fsp3) is 0.333. The van der Waals surface area contributed by atoms with Crippen molar-refractivity contribution in [3.8, 4) is 0 Å². The van der Waals surface area contributed by atoms with Crippen molar-refractivity contribution in [3.63, 3.8) is 0 Å². The van der Waals surface area contributed by atoms with E-state index < -0.39 is 34.1 Å². The molecule has 0 aromatic heterocycles. The number of anilines is 1. The minimum absolute atomic E-state index is 0.0282. The van der Waals surface area contributed by atoms with Gasteiger partial charge in [0.05, 0.1) is 10.6 Å². The molecule has 2 amide bonds. The average molecular weight is 605 g/mol. The second-order valence-electron chi connectivity index (χ2n) is 10.7. The average Bonchev–Trinajstić information content (AvgIpc) is 2.87. The highest BCUT2D eigenvalue weighted by atomic mass is 35.5. The summed E-state index contributed by atoms with van der Waals surface area (Å²) >= 11 is 12.5. The molecule has 0 unspecified atom stereocenters. The van der Waals surface area contributed by atoms with Gasteiger partial charge in [0.1, 0.15) is 12.6 Å². The first-order valence-electron chi connectivity index (χ1n) is 12.8. The largest absolute Gasteiger partial charge is 0.350 e. The van der Waals surface area contributed by atoms with Crippen LogP contribution in [0, 0.1) is 13.8 Å². The molecule has 7 nitrogen and oxygen atoms in total. The van der Waals surface area contributed by atoms with Crippen LogP contribution in [0.2, 0.25) is 10.0 Å². The molecule has 0 aliphatic carbocycles. The SMILES string of the molecule is Cc1cccc(N(CC(=O)N(Cc2ccc(Cl)cc2Cl)[C@H](C)C(=O)NC(C)(C)C)S(=O)(=O)c2ccccc2)c1C. The van der Waals surface area contributed by atoms with Gasteiger partial charge in [-0.3, -0.25) is 13.9 Å². The molecule has 0 saturated heterocycles. The minimum Gasteiger partial charge on any atom is -0.350 e.